The fourth-order valence-corrected chi connectivity index (χ4v) is 2.23. The Morgan fingerprint density at radius 1 is 1.25 bits per heavy atom. The lowest BCUT2D eigenvalue weighted by atomic mass is 10.1. The lowest BCUT2D eigenvalue weighted by Crippen LogP contribution is -2.13. The van der Waals surface area contributed by atoms with Crippen LogP contribution in [0.5, 0.6) is 5.75 Å². The van der Waals surface area contributed by atoms with Gasteiger partial charge in [0.25, 0.3) is 0 Å². The smallest absolute Gasteiger partial charge is 0.124 e. The van der Waals surface area contributed by atoms with Crippen LogP contribution in [0.15, 0.2) is 42.5 Å². The zero-order valence-electron chi connectivity index (χ0n) is 11.6. The molecule has 0 amide bonds. The minimum atomic E-state index is -0.649. The summed E-state index contributed by atoms with van der Waals surface area (Å²) in [6.07, 6.45) is -0.649. The van der Waals surface area contributed by atoms with Crippen molar-refractivity contribution in [1.82, 2.24) is 0 Å². The first-order chi connectivity index (χ1) is 9.60. The molecule has 106 valence electrons. The van der Waals surface area contributed by atoms with Crippen molar-refractivity contribution in [2.24, 2.45) is 0 Å². The van der Waals surface area contributed by atoms with Crippen LogP contribution in [-0.4, -0.2) is 18.8 Å². The lowest BCUT2D eigenvalue weighted by molar-refractivity contribution is 0.187. The van der Waals surface area contributed by atoms with Crippen LogP contribution in [0.25, 0.3) is 0 Å². The SMILES string of the molecule is COc1ccc(C)cc1C(O)CNc1cccc(Cl)c1. The van der Waals surface area contributed by atoms with Crippen molar-refractivity contribution < 1.29 is 9.84 Å². The molecule has 2 aromatic rings. The minimum absolute atomic E-state index is 0.389. The molecule has 3 nitrogen and oxygen atoms in total. The van der Waals surface area contributed by atoms with E-state index in [2.05, 4.69) is 5.32 Å². The number of halogens is 1. The Kier molecular flexibility index (Phi) is 4.88. The van der Waals surface area contributed by atoms with E-state index in [1.807, 2.05) is 49.4 Å². The van der Waals surface area contributed by atoms with Gasteiger partial charge in [0.1, 0.15) is 5.75 Å². The summed E-state index contributed by atoms with van der Waals surface area (Å²) in [6, 6.07) is 13.2. The van der Waals surface area contributed by atoms with Crippen LogP contribution in [0.2, 0.25) is 5.02 Å². The van der Waals surface area contributed by atoms with Gasteiger partial charge >= 0.3 is 0 Å². The Hall–Kier alpha value is -1.71. The maximum absolute atomic E-state index is 10.3. The van der Waals surface area contributed by atoms with Gasteiger partial charge in [-0.15, -0.1) is 0 Å². The number of nitrogens with one attached hydrogen (secondary N) is 1. The molecule has 0 fully saturated rings. The van der Waals surface area contributed by atoms with Gasteiger partial charge in [-0.2, -0.15) is 0 Å². The quantitative estimate of drug-likeness (QED) is 0.880. The molecule has 0 aliphatic rings. The predicted octanol–water partition coefficient (Wildman–Crippen LogP) is 3.80. The van der Waals surface area contributed by atoms with E-state index >= 15 is 0 Å². The average molecular weight is 292 g/mol. The first-order valence-corrected chi connectivity index (χ1v) is 6.80. The molecule has 4 heteroatoms. The number of benzene rings is 2. The van der Waals surface area contributed by atoms with Crippen molar-refractivity contribution in [2.45, 2.75) is 13.0 Å². The largest absolute Gasteiger partial charge is 0.496 e. The normalized spacial score (nSPS) is 12.0. The molecule has 2 rings (SSSR count). The molecule has 0 spiro atoms. The number of rotatable bonds is 5. The summed E-state index contributed by atoms with van der Waals surface area (Å²) < 4.78 is 5.28. The van der Waals surface area contributed by atoms with Gasteiger partial charge in [-0.3, -0.25) is 0 Å². The summed E-state index contributed by atoms with van der Waals surface area (Å²) in [5, 5.41) is 14.1. The van der Waals surface area contributed by atoms with Crippen LogP contribution in [0.3, 0.4) is 0 Å². The number of ether oxygens (including phenoxy) is 1. The number of hydrogen-bond acceptors (Lipinski definition) is 3. The standard InChI is InChI=1S/C16H18ClNO2/c1-11-6-7-16(20-2)14(8-11)15(19)10-18-13-5-3-4-12(17)9-13/h3-9,15,18-19H,10H2,1-2H3. The van der Waals surface area contributed by atoms with Crippen LogP contribution in [0.4, 0.5) is 5.69 Å². The van der Waals surface area contributed by atoms with E-state index in [1.165, 1.54) is 0 Å². The van der Waals surface area contributed by atoms with Crippen molar-refractivity contribution in [3.05, 3.63) is 58.6 Å². The van der Waals surface area contributed by atoms with E-state index < -0.39 is 6.10 Å². The van der Waals surface area contributed by atoms with Crippen LogP contribution >= 0.6 is 11.6 Å². The number of hydrogen-bond donors (Lipinski definition) is 2. The monoisotopic (exact) mass is 291 g/mol. The van der Waals surface area contributed by atoms with Gasteiger partial charge in [0, 0.05) is 22.8 Å². The van der Waals surface area contributed by atoms with Gasteiger partial charge in [-0.05, 0) is 37.3 Å². The molecule has 2 aromatic carbocycles. The number of aryl methyl sites for hydroxylation is 1. The molecule has 0 bridgehead atoms. The fourth-order valence-electron chi connectivity index (χ4n) is 2.04. The first-order valence-electron chi connectivity index (χ1n) is 6.42. The van der Waals surface area contributed by atoms with Crippen LogP contribution in [-0.2, 0) is 0 Å². The molecular formula is C16H18ClNO2. The zero-order chi connectivity index (χ0) is 14.5. The Labute approximate surface area is 124 Å². The second-order valence-corrected chi connectivity index (χ2v) is 5.09. The van der Waals surface area contributed by atoms with Crippen LogP contribution in [0, 0.1) is 6.92 Å². The fraction of sp³-hybridized carbons (Fsp3) is 0.250. The molecule has 0 aromatic heterocycles. The molecule has 0 saturated heterocycles. The van der Waals surface area contributed by atoms with Crippen molar-refractivity contribution in [2.75, 3.05) is 19.0 Å². The predicted molar refractivity (Wildman–Crippen MR) is 82.6 cm³/mol. The number of anilines is 1. The topological polar surface area (TPSA) is 41.5 Å². The van der Waals surface area contributed by atoms with Gasteiger partial charge < -0.3 is 15.2 Å². The maximum atomic E-state index is 10.3. The van der Waals surface area contributed by atoms with Crippen LogP contribution < -0.4 is 10.1 Å². The van der Waals surface area contributed by atoms with E-state index in [9.17, 15) is 5.11 Å². The Morgan fingerprint density at radius 3 is 2.75 bits per heavy atom. The first kappa shape index (κ1) is 14.7. The molecule has 0 radical (unpaired) electrons. The van der Waals surface area contributed by atoms with Crippen molar-refractivity contribution in [1.29, 1.82) is 0 Å². The van der Waals surface area contributed by atoms with Crippen molar-refractivity contribution in [3.8, 4) is 5.75 Å². The van der Waals surface area contributed by atoms with Gasteiger partial charge in [-0.25, -0.2) is 0 Å². The van der Waals surface area contributed by atoms with Gasteiger partial charge in [-0.1, -0.05) is 29.3 Å². The molecule has 0 saturated carbocycles. The Bertz CT molecular complexity index is 586. The summed E-state index contributed by atoms with van der Waals surface area (Å²) in [6.45, 7) is 2.38. The van der Waals surface area contributed by atoms with Crippen LogP contribution in [0.1, 0.15) is 17.2 Å². The third-order valence-electron chi connectivity index (χ3n) is 3.07. The van der Waals surface area contributed by atoms with Gasteiger partial charge in [0.2, 0.25) is 0 Å². The number of aliphatic hydroxyl groups excluding tert-OH is 1. The maximum Gasteiger partial charge on any atom is 0.124 e. The Morgan fingerprint density at radius 2 is 2.05 bits per heavy atom. The zero-order valence-corrected chi connectivity index (χ0v) is 12.3. The van der Waals surface area contributed by atoms with E-state index in [4.69, 9.17) is 16.3 Å². The summed E-state index contributed by atoms with van der Waals surface area (Å²) >= 11 is 5.92. The van der Waals surface area contributed by atoms with Gasteiger partial charge in [0.15, 0.2) is 0 Å². The van der Waals surface area contributed by atoms with Crippen molar-refractivity contribution in [3.63, 3.8) is 0 Å². The van der Waals surface area contributed by atoms with E-state index in [1.54, 1.807) is 7.11 Å². The molecule has 1 atom stereocenters. The third kappa shape index (κ3) is 3.65. The Balaban J connectivity index is 2.08. The average Bonchev–Trinajstić information content (AvgIpc) is 2.45. The van der Waals surface area contributed by atoms with E-state index in [0.717, 1.165) is 16.8 Å². The minimum Gasteiger partial charge on any atom is -0.496 e. The van der Waals surface area contributed by atoms with Gasteiger partial charge in [0.05, 0.1) is 13.2 Å². The summed E-state index contributed by atoms with van der Waals surface area (Å²) in [5.41, 5.74) is 2.74. The molecule has 0 aliphatic carbocycles. The van der Waals surface area contributed by atoms with E-state index in [-0.39, 0.29) is 0 Å². The number of methoxy groups -OCH3 is 1. The lowest BCUT2D eigenvalue weighted by Gasteiger charge is -2.17. The number of aliphatic hydroxyl groups is 1. The second-order valence-electron chi connectivity index (χ2n) is 4.65. The molecule has 2 N–H and O–H groups in total. The van der Waals surface area contributed by atoms with Crippen molar-refractivity contribution >= 4 is 17.3 Å². The highest BCUT2D eigenvalue weighted by Gasteiger charge is 2.13. The summed E-state index contributed by atoms with van der Waals surface area (Å²) in [5.74, 6) is 0.691. The highest BCUT2D eigenvalue weighted by atomic mass is 35.5. The highest BCUT2D eigenvalue weighted by molar-refractivity contribution is 6.30. The molecule has 1 unspecified atom stereocenters. The van der Waals surface area contributed by atoms with E-state index in [0.29, 0.717) is 17.3 Å². The molecule has 0 aliphatic heterocycles. The summed E-state index contributed by atoms with van der Waals surface area (Å²) in [7, 11) is 1.60. The highest BCUT2D eigenvalue weighted by Crippen LogP contribution is 2.26. The molecule has 0 heterocycles. The summed E-state index contributed by atoms with van der Waals surface area (Å²) in [4.78, 5) is 0. The third-order valence-corrected chi connectivity index (χ3v) is 3.30. The second kappa shape index (κ2) is 6.64. The molecule has 20 heavy (non-hydrogen) atoms. The molecular weight excluding hydrogens is 274 g/mol.